The van der Waals surface area contributed by atoms with Crippen LogP contribution in [0.4, 0.5) is 5.13 Å². The fraction of sp³-hybridized carbons (Fsp3) is 0.333. The molecule has 27 heavy (non-hydrogen) atoms. The summed E-state index contributed by atoms with van der Waals surface area (Å²) in [4.78, 5) is 21.1. The summed E-state index contributed by atoms with van der Waals surface area (Å²) in [5, 5.41) is 0.746. The number of aryl methyl sites for hydroxylation is 1. The van der Waals surface area contributed by atoms with Crippen molar-refractivity contribution in [2.45, 2.75) is 30.8 Å². The van der Waals surface area contributed by atoms with Gasteiger partial charge in [0.25, 0.3) is 5.91 Å². The standard InChI is InChI=1S/C21H22N2O2S2/c1-14-7-5-11-18-19(14)22-21(27-18)23(13-15-8-6-12-25-15)20(24)16-9-3-4-10-17(16)26-2/h3-5,7,9-11,15H,6,8,12-13H2,1-2H3. The number of ether oxygens (including phenoxy) is 1. The Labute approximate surface area is 167 Å². The predicted octanol–water partition coefficient (Wildman–Crippen LogP) is 5.15. The number of rotatable bonds is 5. The lowest BCUT2D eigenvalue weighted by molar-refractivity contribution is 0.0915. The number of nitrogens with zero attached hydrogens (tertiary/aromatic N) is 2. The van der Waals surface area contributed by atoms with E-state index in [1.165, 1.54) is 0 Å². The van der Waals surface area contributed by atoms with E-state index in [0.29, 0.717) is 6.54 Å². The van der Waals surface area contributed by atoms with Gasteiger partial charge < -0.3 is 4.74 Å². The summed E-state index contributed by atoms with van der Waals surface area (Å²) in [6.45, 7) is 3.37. The second kappa shape index (κ2) is 8.00. The summed E-state index contributed by atoms with van der Waals surface area (Å²) in [6.07, 6.45) is 4.10. The molecule has 1 saturated heterocycles. The first-order valence-corrected chi connectivity index (χ1v) is 11.1. The van der Waals surface area contributed by atoms with Gasteiger partial charge in [-0.15, -0.1) is 11.8 Å². The molecule has 1 atom stereocenters. The maximum atomic E-state index is 13.5. The molecule has 0 N–H and O–H groups in total. The van der Waals surface area contributed by atoms with Gasteiger partial charge in [-0.2, -0.15) is 0 Å². The highest BCUT2D eigenvalue weighted by Crippen LogP contribution is 2.33. The van der Waals surface area contributed by atoms with Gasteiger partial charge in [0.2, 0.25) is 0 Å². The highest BCUT2D eigenvalue weighted by molar-refractivity contribution is 7.98. The average Bonchev–Trinajstić information content (AvgIpc) is 3.35. The number of amides is 1. The van der Waals surface area contributed by atoms with Gasteiger partial charge in [0.15, 0.2) is 5.13 Å². The lowest BCUT2D eigenvalue weighted by atomic mass is 10.1. The zero-order valence-corrected chi connectivity index (χ0v) is 17.1. The minimum absolute atomic E-state index is 0.00726. The second-order valence-corrected chi connectivity index (χ2v) is 8.53. The summed E-state index contributed by atoms with van der Waals surface area (Å²) in [5.41, 5.74) is 2.82. The zero-order valence-electron chi connectivity index (χ0n) is 15.5. The summed E-state index contributed by atoms with van der Waals surface area (Å²) < 4.78 is 6.93. The summed E-state index contributed by atoms with van der Waals surface area (Å²) >= 11 is 3.16. The molecule has 140 valence electrons. The number of aromatic nitrogens is 1. The smallest absolute Gasteiger partial charge is 0.261 e. The molecule has 0 bridgehead atoms. The van der Waals surface area contributed by atoms with E-state index in [4.69, 9.17) is 9.72 Å². The molecular weight excluding hydrogens is 376 g/mol. The van der Waals surface area contributed by atoms with Gasteiger partial charge in [0.1, 0.15) is 0 Å². The van der Waals surface area contributed by atoms with Crippen molar-refractivity contribution in [3.05, 3.63) is 53.6 Å². The van der Waals surface area contributed by atoms with Crippen LogP contribution in [-0.4, -0.2) is 36.4 Å². The van der Waals surface area contributed by atoms with Crippen LogP contribution in [-0.2, 0) is 4.74 Å². The third-order valence-electron chi connectivity index (χ3n) is 4.83. The van der Waals surface area contributed by atoms with Crippen LogP contribution >= 0.6 is 23.1 Å². The minimum atomic E-state index is -0.00726. The first-order valence-electron chi connectivity index (χ1n) is 9.10. The Hall–Kier alpha value is -1.89. The molecule has 4 rings (SSSR count). The van der Waals surface area contributed by atoms with Gasteiger partial charge >= 0.3 is 0 Å². The van der Waals surface area contributed by atoms with Crippen LogP contribution in [0.25, 0.3) is 10.2 Å². The molecule has 1 aromatic heterocycles. The number of hydrogen-bond donors (Lipinski definition) is 0. The van der Waals surface area contributed by atoms with Crippen molar-refractivity contribution in [3.8, 4) is 0 Å². The van der Waals surface area contributed by atoms with Gasteiger partial charge in [-0.3, -0.25) is 9.69 Å². The Morgan fingerprint density at radius 2 is 2.15 bits per heavy atom. The molecule has 1 amide bonds. The summed E-state index contributed by atoms with van der Waals surface area (Å²) in [6, 6.07) is 13.9. The Kier molecular flexibility index (Phi) is 5.48. The fourth-order valence-corrected chi connectivity index (χ4v) is 5.04. The maximum absolute atomic E-state index is 13.5. The monoisotopic (exact) mass is 398 g/mol. The highest BCUT2D eigenvalue weighted by atomic mass is 32.2. The van der Waals surface area contributed by atoms with Crippen LogP contribution < -0.4 is 4.90 Å². The molecule has 2 aromatic carbocycles. The molecule has 0 spiro atoms. The molecule has 2 heterocycles. The van der Waals surface area contributed by atoms with E-state index in [1.807, 2.05) is 41.5 Å². The van der Waals surface area contributed by atoms with E-state index in [9.17, 15) is 4.79 Å². The quantitative estimate of drug-likeness (QED) is 0.557. The third kappa shape index (κ3) is 3.74. The van der Waals surface area contributed by atoms with Crippen molar-refractivity contribution >= 4 is 44.4 Å². The van der Waals surface area contributed by atoms with Crippen molar-refractivity contribution in [1.82, 2.24) is 4.98 Å². The Bertz CT molecular complexity index is 964. The lowest BCUT2D eigenvalue weighted by Gasteiger charge is -2.24. The molecule has 3 aromatic rings. The zero-order chi connectivity index (χ0) is 18.8. The number of thioether (sulfide) groups is 1. The van der Waals surface area contributed by atoms with Gasteiger partial charge in [0, 0.05) is 11.5 Å². The molecule has 4 nitrogen and oxygen atoms in total. The Balaban J connectivity index is 1.75. The fourth-order valence-electron chi connectivity index (χ4n) is 3.40. The van der Waals surface area contributed by atoms with Crippen molar-refractivity contribution in [2.75, 3.05) is 24.3 Å². The minimum Gasteiger partial charge on any atom is -0.376 e. The number of carbonyl (C=O) groups excluding carboxylic acids is 1. The highest BCUT2D eigenvalue weighted by Gasteiger charge is 2.28. The molecule has 6 heteroatoms. The molecule has 0 saturated carbocycles. The second-order valence-electron chi connectivity index (χ2n) is 6.67. The van der Waals surface area contributed by atoms with E-state index in [0.717, 1.165) is 50.8 Å². The number of thiazole rings is 1. The SMILES string of the molecule is CSc1ccccc1C(=O)N(CC1CCCO1)c1nc2c(C)cccc2s1. The van der Waals surface area contributed by atoms with Crippen LogP contribution in [0.15, 0.2) is 47.4 Å². The van der Waals surface area contributed by atoms with E-state index < -0.39 is 0 Å². The largest absolute Gasteiger partial charge is 0.376 e. The Morgan fingerprint density at radius 3 is 2.89 bits per heavy atom. The van der Waals surface area contributed by atoms with Gasteiger partial charge in [0.05, 0.1) is 28.4 Å². The number of anilines is 1. The van der Waals surface area contributed by atoms with Gasteiger partial charge in [-0.05, 0) is 49.8 Å². The molecule has 1 fully saturated rings. The molecular formula is C21H22N2O2S2. The molecule has 0 aliphatic carbocycles. The predicted molar refractivity (Wildman–Crippen MR) is 113 cm³/mol. The van der Waals surface area contributed by atoms with Crippen LogP contribution in [0.5, 0.6) is 0 Å². The van der Waals surface area contributed by atoms with E-state index in [1.54, 1.807) is 23.1 Å². The first kappa shape index (κ1) is 18.5. The van der Waals surface area contributed by atoms with Crippen molar-refractivity contribution < 1.29 is 9.53 Å². The summed E-state index contributed by atoms with van der Waals surface area (Å²) in [7, 11) is 0. The van der Waals surface area contributed by atoms with Crippen LogP contribution in [0, 0.1) is 6.92 Å². The Morgan fingerprint density at radius 1 is 1.30 bits per heavy atom. The number of hydrogen-bond acceptors (Lipinski definition) is 5. The van der Waals surface area contributed by atoms with Crippen molar-refractivity contribution in [1.29, 1.82) is 0 Å². The van der Waals surface area contributed by atoms with Crippen LogP contribution in [0.2, 0.25) is 0 Å². The lowest BCUT2D eigenvalue weighted by Crippen LogP contribution is -2.37. The van der Waals surface area contributed by atoms with E-state index >= 15 is 0 Å². The molecule has 1 aliphatic heterocycles. The average molecular weight is 399 g/mol. The van der Waals surface area contributed by atoms with Gasteiger partial charge in [-0.1, -0.05) is 35.6 Å². The summed E-state index contributed by atoms with van der Waals surface area (Å²) in [5.74, 6) is -0.00726. The number of para-hydroxylation sites is 1. The van der Waals surface area contributed by atoms with Crippen molar-refractivity contribution in [3.63, 3.8) is 0 Å². The van der Waals surface area contributed by atoms with E-state index in [2.05, 4.69) is 19.1 Å². The third-order valence-corrected chi connectivity index (χ3v) is 6.67. The van der Waals surface area contributed by atoms with Crippen molar-refractivity contribution in [2.24, 2.45) is 0 Å². The van der Waals surface area contributed by atoms with Crippen LogP contribution in [0.1, 0.15) is 28.8 Å². The first-order chi connectivity index (χ1) is 13.2. The number of benzene rings is 2. The maximum Gasteiger partial charge on any atom is 0.261 e. The molecule has 0 radical (unpaired) electrons. The topological polar surface area (TPSA) is 42.4 Å². The van der Waals surface area contributed by atoms with E-state index in [-0.39, 0.29) is 12.0 Å². The normalized spacial score (nSPS) is 16.7. The number of fused-ring (bicyclic) bond motifs is 1. The number of carbonyl (C=O) groups is 1. The molecule has 1 unspecified atom stereocenters. The van der Waals surface area contributed by atoms with Crippen LogP contribution in [0.3, 0.4) is 0 Å². The van der Waals surface area contributed by atoms with Gasteiger partial charge in [-0.25, -0.2) is 4.98 Å². The molecule has 1 aliphatic rings.